The summed E-state index contributed by atoms with van der Waals surface area (Å²) < 4.78 is 5.65. The van der Waals surface area contributed by atoms with Crippen LogP contribution in [-0.4, -0.2) is 24.3 Å². The Labute approximate surface area is 213 Å². The number of thioether (sulfide) groups is 1. The number of hydrogen-bond acceptors (Lipinski definition) is 2. The largest absolute Gasteiger partial charge is 0.377 e. The minimum Gasteiger partial charge on any atom is -0.377 e. The molecule has 0 aromatic heterocycles. The van der Waals surface area contributed by atoms with Crippen LogP contribution in [0.25, 0.3) is 0 Å². The predicted molar refractivity (Wildman–Crippen MR) is 151 cm³/mol. The van der Waals surface area contributed by atoms with Crippen LogP contribution in [0.3, 0.4) is 0 Å². The van der Waals surface area contributed by atoms with E-state index in [1.807, 2.05) is 11.8 Å². The van der Waals surface area contributed by atoms with Crippen LogP contribution in [-0.2, 0) is 4.74 Å². The molecule has 0 radical (unpaired) electrons. The molecule has 3 heteroatoms. The Balaban J connectivity index is 2.65. The second-order valence-corrected chi connectivity index (χ2v) is 10.6. The lowest BCUT2D eigenvalue weighted by atomic mass is 10.0. The second kappa shape index (κ2) is 19.1. The zero-order valence-electron chi connectivity index (χ0n) is 21.5. The first-order valence-electron chi connectivity index (χ1n) is 12.4. The summed E-state index contributed by atoms with van der Waals surface area (Å²) in [6.07, 6.45) is 17.2. The number of benzene rings is 1. The Morgan fingerprint density at radius 3 is 2.24 bits per heavy atom. The molecule has 0 aliphatic rings. The minimum atomic E-state index is 0.449. The molecule has 1 unspecified atom stereocenters. The molecule has 0 spiro atoms. The van der Waals surface area contributed by atoms with Crippen LogP contribution in [0.4, 0.5) is 0 Å². The molecule has 0 fully saturated rings. The van der Waals surface area contributed by atoms with E-state index < -0.39 is 0 Å². The number of ether oxygens (including phenoxy) is 1. The molecule has 0 aliphatic carbocycles. The van der Waals surface area contributed by atoms with E-state index in [1.54, 1.807) is 0 Å². The monoisotopic (exact) mass is 488 g/mol. The van der Waals surface area contributed by atoms with Crippen LogP contribution in [0.5, 0.6) is 0 Å². The summed E-state index contributed by atoms with van der Waals surface area (Å²) in [4.78, 5) is 1.33. The van der Waals surface area contributed by atoms with E-state index in [9.17, 15) is 0 Å². The van der Waals surface area contributed by atoms with Crippen LogP contribution < -0.4 is 0 Å². The first-order chi connectivity index (χ1) is 15.9. The molecule has 33 heavy (non-hydrogen) atoms. The lowest BCUT2D eigenvalue weighted by molar-refractivity contribution is 0.158. The van der Waals surface area contributed by atoms with Gasteiger partial charge in [-0.1, -0.05) is 78.1 Å². The molecule has 1 aromatic rings. The third-order valence-electron chi connectivity index (χ3n) is 5.49. The van der Waals surface area contributed by atoms with Gasteiger partial charge in [0.1, 0.15) is 0 Å². The fourth-order valence-corrected chi connectivity index (χ4v) is 4.81. The summed E-state index contributed by atoms with van der Waals surface area (Å²) >= 11 is 7.87. The van der Waals surface area contributed by atoms with Crippen LogP contribution >= 0.6 is 23.4 Å². The molecule has 0 N–H and O–H groups in total. The Morgan fingerprint density at radius 2 is 1.58 bits per heavy atom. The molecule has 184 valence electrons. The maximum atomic E-state index is 5.90. The Hall–Kier alpha value is -1.22. The second-order valence-electron chi connectivity index (χ2n) is 8.98. The van der Waals surface area contributed by atoms with Crippen molar-refractivity contribution in [1.29, 1.82) is 0 Å². The van der Waals surface area contributed by atoms with Crippen molar-refractivity contribution in [3.8, 4) is 0 Å². The van der Waals surface area contributed by atoms with Gasteiger partial charge in [-0.2, -0.15) is 0 Å². The fraction of sp³-hybridized carbons (Fsp3) is 0.533. The zero-order chi connectivity index (χ0) is 24.3. The normalized spacial score (nSPS) is 14.6. The third-order valence-corrected chi connectivity index (χ3v) is 7.06. The average Bonchev–Trinajstić information content (AvgIpc) is 2.79. The lowest BCUT2D eigenvalue weighted by Gasteiger charge is -2.15. The molecule has 0 saturated carbocycles. The molecule has 0 aliphatic heterocycles. The van der Waals surface area contributed by atoms with Gasteiger partial charge in [-0.15, -0.1) is 23.4 Å². The topological polar surface area (TPSA) is 9.23 Å². The summed E-state index contributed by atoms with van der Waals surface area (Å²) in [5.41, 5.74) is 5.60. The van der Waals surface area contributed by atoms with E-state index in [0.717, 1.165) is 51.7 Å². The highest BCUT2D eigenvalue weighted by Gasteiger charge is 2.09. The van der Waals surface area contributed by atoms with E-state index >= 15 is 0 Å². The van der Waals surface area contributed by atoms with Crippen molar-refractivity contribution in [1.82, 2.24) is 0 Å². The fourth-order valence-electron chi connectivity index (χ4n) is 3.39. The van der Waals surface area contributed by atoms with Gasteiger partial charge in [-0.05, 0) is 78.4 Å². The van der Waals surface area contributed by atoms with Gasteiger partial charge in [0.2, 0.25) is 0 Å². The molecular formula is C30H45ClOS. The number of allylic oxidation sites excluding steroid dienone is 6. The molecule has 1 atom stereocenters. The molecule has 1 rings (SSSR count). The standard InChI is InChI=1S/C30H45ClOS/c1-6-7-20-32-21-19-25(2)13-11-14-26(3)22-30(33-29-17-9-8-10-18-29)23-27(4)15-12-16-28(5)24-31/h8-10,14,16-19,23,30H,6-7,11-13,15,20-22,24H2,1-5H3/b25-19+,26-14+,27-23+,28-16+. The van der Waals surface area contributed by atoms with Crippen molar-refractivity contribution >= 4 is 23.4 Å². The zero-order valence-corrected chi connectivity index (χ0v) is 23.1. The van der Waals surface area contributed by atoms with Crippen LogP contribution in [0.15, 0.2) is 81.8 Å². The van der Waals surface area contributed by atoms with Gasteiger partial charge in [-0.3, -0.25) is 0 Å². The van der Waals surface area contributed by atoms with Gasteiger partial charge in [0, 0.05) is 22.6 Å². The SMILES string of the molecule is CCCCOC/C=C(\C)CC/C=C(\C)CC(/C=C(\C)CC/C=C(\C)CCl)Sc1ccccc1. The Kier molecular flexibility index (Phi) is 17.3. The van der Waals surface area contributed by atoms with Crippen molar-refractivity contribution in [2.24, 2.45) is 0 Å². The summed E-state index contributed by atoms with van der Waals surface area (Å²) in [6, 6.07) is 10.8. The number of alkyl halides is 1. The molecule has 0 bridgehead atoms. The molecule has 0 saturated heterocycles. The Morgan fingerprint density at radius 1 is 0.909 bits per heavy atom. The molecule has 0 heterocycles. The van der Waals surface area contributed by atoms with Crippen molar-refractivity contribution in [2.45, 2.75) is 89.7 Å². The van der Waals surface area contributed by atoms with Crippen molar-refractivity contribution in [2.75, 3.05) is 19.1 Å². The predicted octanol–water partition coefficient (Wildman–Crippen LogP) is 9.94. The highest BCUT2D eigenvalue weighted by Crippen LogP contribution is 2.30. The summed E-state index contributed by atoms with van der Waals surface area (Å²) in [5, 5.41) is 0.449. The first kappa shape index (κ1) is 29.8. The molecule has 0 amide bonds. The van der Waals surface area contributed by atoms with Crippen molar-refractivity contribution < 1.29 is 4.74 Å². The number of hydrogen-bond donors (Lipinski definition) is 0. The van der Waals surface area contributed by atoms with Crippen LogP contribution in [0.2, 0.25) is 0 Å². The molecule has 1 nitrogen and oxygen atoms in total. The third kappa shape index (κ3) is 16.1. The van der Waals surface area contributed by atoms with Crippen molar-refractivity contribution in [3.05, 3.63) is 76.9 Å². The quantitative estimate of drug-likeness (QED) is 0.0932. The number of unbranched alkanes of at least 4 members (excludes halogenated alkanes) is 1. The number of rotatable bonds is 17. The summed E-state index contributed by atoms with van der Waals surface area (Å²) in [7, 11) is 0. The van der Waals surface area contributed by atoms with Gasteiger partial charge >= 0.3 is 0 Å². The van der Waals surface area contributed by atoms with Gasteiger partial charge in [0.15, 0.2) is 0 Å². The van der Waals surface area contributed by atoms with E-state index in [4.69, 9.17) is 16.3 Å². The van der Waals surface area contributed by atoms with Gasteiger partial charge in [-0.25, -0.2) is 0 Å². The maximum absolute atomic E-state index is 5.90. The van der Waals surface area contributed by atoms with Crippen molar-refractivity contribution in [3.63, 3.8) is 0 Å². The van der Waals surface area contributed by atoms with E-state index in [1.165, 1.54) is 33.6 Å². The average molecular weight is 489 g/mol. The minimum absolute atomic E-state index is 0.449. The lowest BCUT2D eigenvalue weighted by Crippen LogP contribution is -2.01. The van der Waals surface area contributed by atoms with Gasteiger partial charge in [0.25, 0.3) is 0 Å². The molecular weight excluding hydrogens is 444 g/mol. The van der Waals surface area contributed by atoms with Gasteiger partial charge in [0.05, 0.1) is 6.61 Å². The van der Waals surface area contributed by atoms with Crippen LogP contribution in [0, 0.1) is 0 Å². The maximum Gasteiger partial charge on any atom is 0.0649 e. The number of halogens is 1. The smallest absolute Gasteiger partial charge is 0.0649 e. The molecule has 1 aromatic carbocycles. The highest BCUT2D eigenvalue weighted by molar-refractivity contribution is 8.00. The van der Waals surface area contributed by atoms with E-state index in [2.05, 4.69) is 89.3 Å². The highest BCUT2D eigenvalue weighted by atomic mass is 35.5. The summed E-state index contributed by atoms with van der Waals surface area (Å²) in [5.74, 6) is 0.625. The van der Waals surface area contributed by atoms with E-state index in [-0.39, 0.29) is 0 Å². The first-order valence-corrected chi connectivity index (χ1v) is 13.9. The van der Waals surface area contributed by atoms with Crippen LogP contribution in [0.1, 0.15) is 79.6 Å². The van der Waals surface area contributed by atoms with Gasteiger partial charge < -0.3 is 4.74 Å². The Bertz CT molecular complexity index is 761. The summed E-state index contributed by atoms with van der Waals surface area (Å²) in [6.45, 7) is 12.7. The van der Waals surface area contributed by atoms with E-state index in [0.29, 0.717) is 11.1 Å².